The number of rotatable bonds is 4. The average Bonchev–Trinajstić information content (AvgIpc) is 2.15. The maximum atomic E-state index is 3.41. The van der Waals surface area contributed by atoms with Gasteiger partial charge < -0.3 is 5.32 Å². The molecule has 1 aromatic carbocycles. The summed E-state index contributed by atoms with van der Waals surface area (Å²) in [5, 5.41) is 3.41. The van der Waals surface area contributed by atoms with Crippen LogP contribution in [0.3, 0.4) is 0 Å². The molecule has 0 aromatic heterocycles. The minimum Gasteiger partial charge on any atom is -0.310 e. The zero-order chi connectivity index (χ0) is 10.6. The second-order valence-electron chi connectivity index (χ2n) is 4.43. The lowest BCUT2D eigenvalue weighted by atomic mass is 10.0. The summed E-state index contributed by atoms with van der Waals surface area (Å²) in [7, 11) is 0. The number of nitrogens with one attached hydrogen (secondary N) is 1. The fraction of sp³-hybridized carbons (Fsp3) is 0.538. The standard InChI is InChI=1S/C13H21N/c1-10(2)13-7-5-12(6-8-13)9-14-11(3)4/h5-8,10-11,14H,9H2,1-4H3. The lowest BCUT2D eigenvalue weighted by Gasteiger charge is -2.09. The van der Waals surface area contributed by atoms with Crippen LogP contribution in [-0.2, 0) is 6.54 Å². The van der Waals surface area contributed by atoms with Crippen molar-refractivity contribution in [1.82, 2.24) is 5.32 Å². The van der Waals surface area contributed by atoms with Gasteiger partial charge in [-0.15, -0.1) is 0 Å². The molecular weight excluding hydrogens is 170 g/mol. The van der Waals surface area contributed by atoms with Crippen molar-refractivity contribution in [3.05, 3.63) is 35.4 Å². The third-order valence-corrected chi connectivity index (χ3v) is 2.36. The second kappa shape index (κ2) is 5.16. The summed E-state index contributed by atoms with van der Waals surface area (Å²) in [6.45, 7) is 9.75. The van der Waals surface area contributed by atoms with Gasteiger partial charge in [-0.25, -0.2) is 0 Å². The molecule has 0 saturated carbocycles. The molecule has 0 amide bonds. The molecule has 0 fully saturated rings. The van der Waals surface area contributed by atoms with Crippen LogP contribution in [0.15, 0.2) is 24.3 Å². The van der Waals surface area contributed by atoms with E-state index < -0.39 is 0 Å². The highest BCUT2D eigenvalue weighted by Crippen LogP contribution is 2.14. The third-order valence-electron chi connectivity index (χ3n) is 2.36. The van der Waals surface area contributed by atoms with Crippen LogP contribution in [0.1, 0.15) is 44.7 Å². The van der Waals surface area contributed by atoms with Crippen molar-refractivity contribution in [2.24, 2.45) is 0 Å². The van der Waals surface area contributed by atoms with Gasteiger partial charge in [0, 0.05) is 12.6 Å². The van der Waals surface area contributed by atoms with Gasteiger partial charge in [0.2, 0.25) is 0 Å². The Balaban J connectivity index is 2.55. The van der Waals surface area contributed by atoms with Crippen molar-refractivity contribution in [3.63, 3.8) is 0 Å². The molecule has 1 nitrogen and oxygen atoms in total. The van der Waals surface area contributed by atoms with Gasteiger partial charge in [-0.05, 0) is 17.0 Å². The van der Waals surface area contributed by atoms with Gasteiger partial charge in [-0.1, -0.05) is 52.0 Å². The maximum Gasteiger partial charge on any atom is 0.0207 e. The summed E-state index contributed by atoms with van der Waals surface area (Å²) in [5.41, 5.74) is 2.78. The van der Waals surface area contributed by atoms with Crippen LogP contribution in [0, 0.1) is 0 Å². The van der Waals surface area contributed by atoms with Gasteiger partial charge in [0.15, 0.2) is 0 Å². The van der Waals surface area contributed by atoms with Crippen LogP contribution in [0.25, 0.3) is 0 Å². The number of hydrogen-bond donors (Lipinski definition) is 1. The van der Waals surface area contributed by atoms with Gasteiger partial charge in [0.1, 0.15) is 0 Å². The molecule has 0 radical (unpaired) electrons. The molecular formula is C13H21N. The summed E-state index contributed by atoms with van der Waals surface area (Å²) >= 11 is 0. The van der Waals surface area contributed by atoms with Gasteiger partial charge >= 0.3 is 0 Å². The predicted molar refractivity (Wildman–Crippen MR) is 62.5 cm³/mol. The summed E-state index contributed by atoms with van der Waals surface area (Å²) in [4.78, 5) is 0. The lowest BCUT2D eigenvalue weighted by Crippen LogP contribution is -2.21. The van der Waals surface area contributed by atoms with Gasteiger partial charge in [0.05, 0.1) is 0 Å². The van der Waals surface area contributed by atoms with Gasteiger partial charge in [-0.2, -0.15) is 0 Å². The first kappa shape index (κ1) is 11.3. The van der Waals surface area contributed by atoms with E-state index >= 15 is 0 Å². The SMILES string of the molecule is CC(C)NCc1ccc(C(C)C)cc1. The quantitative estimate of drug-likeness (QED) is 0.770. The van der Waals surface area contributed by atoms with Crippen molar-refractivity contribution in [1.29, 1.82) is 0 Å². The van der Waals surface area contributed by atoms with Crippen LogP contribution >= 0.6 is 0 Å². The highest BCUT2D eigenvalue weighted by atomic mass is 14.9. The second-order valence-corrected chi connectivity index (χ2v) is 4.43. The highest BCUT2D eigenvalue weighted by Gasteiger charge is 1.99. The Morgan fingerprint density at radius 2 is 1.57 bits per heavy atom. The van der Waals surface area contributed by atoms with Gasteiger partial charge in [0.25, 0.3) is 0 Å². The summed E-state index contributed by atoms with van der Waals surface area (Å²) in [6, 6.07) is 9.43. The predicted octanol–water partition coefficient (Wildman–Crippen LogP) is 3.31. The smallest absolute Gasteiger partial charge is 0.0207 e. The largest absolute Gasteiger partial charge is 0.310 e. The Kier molecular flexibility index (Phi) is 4.15. The molecule has 1 heteroatoms. The zero-order valence-corrected chi connectivity index (χ0v) is 9.67. The molecule has 1 N–H and O–H groups in total. The first-order valence-electron chi connectivity index (χ1n) is 5.42. The Labute approximate surface area is 87.5 Å². The van der Waals surface area contributed by atoms with Crippen LogP contribution < -0.4 is 5.32 Å². The third kappa shape index (κ3) is 3.51. The monoisotopic (exact) mass is 191 g/mol. The van der Waals surface area contributed by atoms with E-state index in [4.69, 9.17) is 0 Å². The van der Waals surface area contributed by atoms with Crippen molar-refractivity contribution in [2.45, 2.75) is 46.2 Å². The van der Waals surface area contributed by atoms with E-state index in [1.807, 2.05) is 0 Å². The normalized spacial score (nSPS) is 11.3. The molecule has 0 aliphatic carbocycles. The Hall–Kier alpha value is -0.820. The minimum absolute atomic E-state index is 0.555. The van der Waals surface area contributed by atoms with Crippen LogP contribution in [0.5, 0.6) is 0 Å². The molecule has 0 bridgehead atoms. The van der Waals surface area contributed by atoms with Crippen molar-refractivity contribution in [3.8, 4) is 0 Å². The molecule has 0 aliphatic rings. The van der Waals surface area contributed by atoms with E-state index in [0.29, 0.717) is 12.0 Å². The van der Waals surface area contributed by atoms with E-state index in [2.05, 4.69) is 57.3 Å². The Morgan fingerprint density at radius 3 is 2.00 bits per heavy atom. The summed E-state index contributed by atoms with van der Waals surface area (Å²) in [5.74, 6) is 0.627. The molecule has 78 valence electrons. The topological polar surface area (TPSA) is 12.0 Å². The minimum atomic E-state index is 0.555. The molecule has 0 spiro atoms. The highest BCUT2D eigenvalue weighted by molar-refractivity contribution is 5.24. The van der Waals surface area contributed by atoms with Crippen molar-refractivity contribution in [2.75, 3.05) is 0 Å². The Morgan fingerprint density at radius 1 is 1.00 bits per heavy atom. The maximum absolute atomic E-state index is 3.41. The lowest BCUT2D eigenvalue weighted by molar-refractivity contribution is 0.588. The fourth-order valence-corrected chi connectivity index (χ4v) is 1.34. The van der Waals surface area contributed by atoms with E-state index in [9.17, 15) is 0 Å². The molecule has 1 aromatic rings. The van der Waals surface area contributed by atoms with E-state index in [-0.39, 0.29) is 0 Å². The van der Waals surface area contributed by atoms with Crippen LogP contribution in [-0.4, -0.2) is 6.04 Å². The molecule has 0 heterocycles. The summed E-state index contributed by atoms with van der Waals surface area (Å²) < 4.78 is 0. The first-order chi connectivity index (χ1) is 6.59. The molecule has 14 heavy (non-hydrogen) atoms. The number of hydrogen-bond acceptors (Lipinski definition) is 1. The van der Waals surface area contributed by atoms with E-state index in [1.54, 1.807) is 0 Å². The number of benzene rings is 1. The van der Waals surface area contributed by atoms with E-state index in [0.717, 1.165) is 6.54 Å². The van der Waals surface area contributed by atoms with Crippen molar-refractivity contribution >= 4 is 0 Å². The molecule has 0 aliphatic heterocycles. The van der Waals surface area contributed by atoms with Crippen LogP contribution in [0.2, 0.25) is 0 Å². The van der Waals surface area contributed by atoms with Crippen molar-refractivity contribution < 1.29 is 0 Å². The Bertz CT molecular complexity index is 259. The van der Waals surface area contributed by atoms with Gasteiger partial charge in [-0.3, -0.25) is 0 Å². The molecule has 0 unspecified atom stereocenters. The first-order valence-corrected chi connectivity index (χ1v) is 5.42. The van der Waals surface area contributed by atoms with E-state index in [1.165, 1.54) is 11.1 Å². The fourth-order valence-electron chi connectivity index (χ4n) is 1.34. The summed E-state index contributed by atoms with van der Waals surface area (Å²) in [6.07, 6.45) is 0. The molecule has 0 saturated heterocycles. The average molecular weight is 191 g/mol. The zero-order valence-electron chi connectivity index (χ0n) is 9.67. The molecule has 1 rings (SSSR count). The van der Waals surface area contributed by atoms with Crippen LogP contribution in [0.4, 0.5) is 0 Å². The molecule has 0 atom stereocenters.